The molecule has 0 aromatic rings. The van der Waals surface area contributed by atoms with Gasteiger partial charge in [0.15, 0.2) is 0 Å². The molecule has 0 aromatic heterocycles. The number of rotatable bonds is 10. The van der Waals surface area contributed by atoms with Gasteiger partial charge in [0.25, 0.3) is 0 Å². The molecule has 2 N–H and O–H groups in total. The fourth-order valence-electron chi connectivity index (χ4n) is 2.30. The van der Waals surface area contributed by atoms with Crippen molar-refractivity contribution in [1.29, 1.82) is 0 Å². The van der Waals surface area contributed by atoms with Gasteiger partial charge in [-0.3, -0.25) is 14.4 Å². The molecule has 0 spiro atoms. The van der Waals surface area contributed by atoms with E-state index in [9.17, 15) is 14.4 Å². The van der Waals surface area contributed by atoms with Gasteiger partial charge in [0.1, 0.15) is 6.61 Å². The number of nitrogens with zero attached hydrogens (tertiary/aromatic N) is 1. The van der Waals surface area contributed by atoms with Gasteiger partial charge in [0, 0.05) is 39.2 Å². The van der Waals surface area contributed by atoms with Crippen molar-refractivity contribution in [3.8, 4) is 0 Å². The van der Waals surface area contributed by atoms with Gasteiger partial charge in [-0.15, -0.1) is 0 Å². The Balaban J connectivity index is 2.13. The van der Waals surface area contributed by atoms with Crippen molar-refractivity contribution in [2.45, 2.75) is 26.3 Å². The molecule has 1 unspecified atom stereocenters. The van der Waals surface area contributed by atoms with Crippen molar-refractivity contribution in [2.75, 3.05) is 46.6 Å². The van der Waals surface area contributed by atoms with Crippen LogP contribution in [0.1, 0.15) is 20.3 Å². The summed E-state index contributed by atoms with van der Waals surface area (Å²) in [6.07, 6.45) is 0.254. The number of hydrogen-bond donors (Lipinski definition) is 2. The van der Waals surface area contributed by atoms with Crippen LogP contribution in [0.3, 0.4) is 0 Å². The van der Waals surface area contributed by atoms with Crippen LogP contribution in [0.15, 0.2) is 0 Å². The molecule has 8 nitrogen and oxygen atoms in total. The summed E-state index contributed by atoms with van der Waals surface area (Å²) in [7, 11) is 1.56. The predicted octanol–water partition coefficient (Wildman–Crippen LogP) is -0.861. The second-order valence-electron chi connectivity index (χ2n) is 5.73. The second kappa shape index (κ2) is 10.2. The second-order valence-corrected chi connectivity index (χ2v) is 5.73. The summed E-state index contributed by atoms with van der Waals surface area (Å²) in [5, 5.41) is 5.39. The minimum absolute atomic E-state index is 0.0154. The maximum atomic E-state index is 12.0. The van der Waals surface area contributed by atoms with Gasteiger partial charge < -0.3 is 25.0 Å². The number of hydrogen-bond acceptors (Lipinski definition) is 5. The molecule has 0 aromatic carbocycles. The fourth-order valence-corrected chi connectivity index (χ4v) is 2.30. The number of carbonyl (C=O) groups excluding carboxylic acids is 3. The standard InChI is InChI=1S/C15H27N3O5/c1-11(2)18-9-12(8-14(18)20)15(21)17-5-4-16-13(19)10-23-7-6-22-3/h11-12H,4-10H2,1-3H3,(H,16,19)(H,17,21). The Morgan fingerprint density at radius 1 is 1.26 bits per heavy atom. The number of nitrogens with one attached hydrogen (secondary N) is 2. The van der Waals surface area contributed by atoms with E-state index in [1.807, 2.05) is 13.8 Å². The molecule has 1 atom stereocenters. The maximum Gasteiger partial charge on any atom is 0.246 e. The van der Waals surface area contributed by atoms with Crippen LogP contribution in [0.2, 0.25) is 0 Å². The van der Waals surface area contributed by atoms with E-state index in [4.69, 9.17) is 9.47 Å². The van der Waals surface area contributed by atoms with E-state index in [2.05, 4.69) is 10.6 Å². The van der Waals surface area contributed by atoms with Gasteiger partial charge in [-0.2, -0.15) is 0 Å². The summed E-state index contributed by atoms with van der Waals surface area (Å²) in [6.45, 7) is 5.76. The molecule has 0 bridgehead atoms. The Morgan fingerprint density at radius 2 is 1.96 bits per heavy atom. The van der Waals surface area contributed by atoms with Gasteiger partial charge in [-0.25, -0.2) is 0 Å². The van der Waals surface area contributed by atoms with Crippen molar-refractivity contribution >= 4 is 17.7 Å². The molecule has 0 radical (unpaired) electrons. The molecule has 132 valence electrons. The molecule has 3 amide bonds. The Labute approximate surface area is 136 Å². The van der Waals surface area contributed by atoms with Crippen molar-refractivity contribution in [1.82, 2.24) is 15.5 Å². The highest BCUT2D eigenvalue weighted by Gasteiger charge is 2.35. The van der Waals surface area contributed by atoms with Crippen molar-refractivity contribution in [3.63, 3.8) is 0 Å². The first-order valence-corrected chi connectivity index (χ1v) is 7.86. The molecule has 0 aliphatic carbocycles. The average molecular weight is 329 g/mol. The lowest BCUT2D eigenvalue weighted by molar-refractivity contribution is -0.129. The third-order valence-electron chi connectivity index (χ3n) is 3.56. The summed E-state index contributed by atoms with van der Waals surface area (Å²) < 4.78 is 9.87. The number of carbonyl (C=O) groups is 3. The van der Waals surface area contributed by atoms with E-state index in [-0.39, 0.29) is 42.7 Å². The maximum absolute atomic E-state index is 12.0. The normalized spacial score (nSPS) is 17.7. The fraction of sp³-hybridized carbons (Fsp3) is 0.800. The Bertz CT molecular complexity index is 414. The molecule has 1 aliphatic rings. The first kappa shape index (κ1) is 19.4. The molecule has 1 heterocycles. The lowest BCUT2D eigenvalue weighted by Crippen LogP contribution is -2.39. The molecule has 23 heavy (non-hydrogen) atoms. The van der Waals surface area contributed by atoms with E-state index in [0.29, 0.717) is 32.8 Å². The Morgan fingerprint density at radius 3 is 2.57 bits per heavy atom. The highest BCUT2D eigenvalue weighted by Crippen LogP contribution is 2.19. The SMILES string of the molecule is COCCOCC(=O)NCCNC(=O)C1CC(=O)N(C(C)C)C1. The molecule has 1 aliphatic heterocycles. The Kier molecular flexibility index (Phi) is 8.57. The van der Waals surface area contributed by atoms with Crippen LogP contribution in [0, 0.1) is 5.92 Å². The lowest BCUT2D eigenvalue weighted by Gasteiger charge is -2.20. The molecular formula is C15H27N3O5. The monoisotopic (exact) mass is 329 g/mol. The van der Waals surface area contributed by atoms with Crippen LogP contribution in [-0.2, 0) is 23.9 Å². The average Bonchev–Trinajstić information content (AvgIpc) is 2.90. The number of likely N-dealkylation sites (tertiary alicyclic amines) is 1. The lowest BCUT2D eigenvalue weighted by atomic mass is 10.1. The minimum atomic E-state index is -0.307. The summed E-state index contributed by atoms with van der Waals surface area (Å²) >= 11 is 0. The molecular weight excluding hydrogens is 302 g/mol. The van der Waals surface area contributed by atoms with Gasteiger partial charge in [-0.1, -0.05) is 0 Å². The van der Waals surface area contributed by atoms with Crippen LogP contribution < -0.4 is 10.6 Å². The smallest absolute Gasteiger partial charge is 0.246 e. The number of methoxy groups -OCH3 is 1. The van der Waals surface area contributed by atoms with Gasteiger partial charge in [0.05, 0.1) is 19.1 Å². The van der Waals surface area contributed by atoms with Crippen LogP contribution >= 0.6 is 0 Å². The third-order valence-corrected chi connectivity index (χ3v) is 3.56. The molecule has 1 saturated heterocycles. The van der Waals surface area contributed by atoms with Crippen LogP contribution in [0.25, 0.3) is 0 Å². The number of amides is 3. The topological polar surface area (TPSA) is 97.0 Å². The minimum Gasteiger partial charge on any atom is -0.382 e. The largest absolute Gasteiger partial charge is 0.382 e. The third kappa shape index (κ3) is 6.96. The van der Waals surface area contributed by atoms with Gasteiger partial charge in [-0.05, 0) is 13.8 Å². The van der Waals surface area contributed by atoms with E-state index in [1.165, 1.54) is 0 Å². The van der Waals surface area contributed by atoms with Crippen molar-refractivity contribution in [3.05, 3.63) is 0 Å². The highest BCUT2D eigenvalue weighted by atomic mass is 16.5. The molecule has 0 saturated carbocycles. The zero-order chi connectivity index (χ0) is 17.2. The van der Waals surface area contributed by atoms with Gasteiger partial charge in [0.2, 0.25) is 17.7 Å². The van der Waals surface area contributed by atoms with E-state index in [1.54, 1.807) is 12.0 Å². The zero-order valence-corrected chi connectivity index (χ0v) is 14.1. The summed E-state index contributed by atoms with van der Waals surface area (Å²) in [4.78, 5) is 36.9. The van der Waals surface area contributed by atoms with E-state index < -0.39 is 0 Å². The van der Waals surface area contributed by atoms with Crippen LogP contribution in [0.4, 0.5) is 0 Å². The molecule has 8 heteroatoms. The number of ether oxygens (including phenoxy) is 2. The molecule has 1 fully saturated rings. The predicted molar refractivity (Wildman–Crippen MR) is 83.7 cm³/mol. The van der Waals surface area contributed by atoms with Crippen molar-refractivity contribution in [2.24, 2.45) is 5.92 Å². The first-order valence-electron chi connectivity index (χ1n) is 7.86. The van der Waals surface area contributed by atoms with Crippen LogP contribution in [0.5, 0.6) is 0 Å². The van der Waals surface area contributed by atoms with Gasteiger partial charge >= 0.3 is 0 Å². The summed E-state index contributed by atoms with van der Waals surface area (Å²) in [5.74, 6) is -0.677. The summed E-state index contributed by atoms with van der Waals surface area (Å²) in [6, 6.07) is 0.109. The quantitative estimate of drug-likeness (QED) is 0.508. The highest BCUT2D eigenvalue weighted by molar-refractivity contribution is 5.89. The van der Waals surface area contributed by atoms with E-state index in [0.717, 1.165) is 0 Å². The first-order chi connectivity index (χ1) is 11.0. The molecule has 1 rings (SSSR count). The van der Waals surface area contributed by atoms with Crippen LogP contribution in [-0.4, -0.2) is 75.2 Å². The van der Waals surface area contributed by atoms with E-state index >= 15 is 0 Å². The Hall–Kier alpha value is -1.67. The van der Waals surface area contributed by atoms with Crippen molar-refractivity contribution < 1.29 is 23.9 Å². The zero-order valence-electron chi connectivity index (χ0n) is 14.1. The summed E-state index contributed by atoms with van der Waals surface area (Å²) in [5.41, 5.74) is 0.